The summed E-state index contributed by atoms with van der Waals surface area (Å²) < 4.78 is 0. The number of carbonyl (C=O) groups is 4. The minimum atomic E-state index is -1.43. The van der Waals surface area contributed by atoms with E-state index in [1.807, 2.05) is 0 Å². The Kier molecular flexibility index (Phi) is 11.9. The van der Waals surface area contributed by atoms with Crippen LogP contribution in [0.25, 0.3) is 0 Å². The summed E-state index contributed by atoms with van der Waals surface area (Å²) in [7, 11) is 0. The topological polar surface area (TPSA) is 217 Å². The molecule has 12 nitrogen and oxygen atoms in total. The van der Waals surface area contributed by atoms with Crippen molar-refractivity contribution in [3.8, 4) is 0 Å². The van der Waals surface area contributed by atoms with Crippen LogP contribution in [0.3, 0.4) is 0 Å². The van der Waals surface area contributed by atoms with Gasteiger partial charge in [0, 0.05) is 0 Å². The fraction of sp³-hybridized carbons (Fsp3) is 0.750. The van der Waals surface area contributed by atoms with Crippen molar-refractivity contribution >= 4 is 23.7 Å². The van der Waals surface area contributed by atoms with Crippen molar-refractivity contribution < 1.29 is 34.5 Å². The van der Waals surface area contributed by atoms with Crippen LogP contribution in [0.15, 0.2) is 0 Å². The maximum absolute atomic E-state index is 12.5. The molecule has 162 valence electrons. The summed E-state index contributed by atoms with van der Waals surface area (Å²) in [6.07, 6.45) is 0.179. The Balaban J connectivity index is 5.13. The van der Waals surface area contributed by atoms with Crippen LogP contribution in [0, 0.1) is 5.92 Å². The van der Waals surface area contributed by atoms with Gasteiger partial charge < -0.3 is 42.7 Å². The highest BCUT2D eigenvalue weighted by molar-refractivity contribution is 5.94. The van der Waals surface area contributed by atoms with Crippen LogP contribution in [0.1, 0.15) is 26.7 Å². The molecule has 0 heterocycles. The first-order valence-corrected chi connectivity index (χ1v) is 8.88. The molecule has 4 atom stereocenters. The number of carbonyl (C=O) groups excluding carboxylic acids is 3. The Morgan fingerprint density at radius 2 is 1.36 bits per heavy atom. The van der Waals surface area contributed by atoms with Crippen LogP contribution in [0.2, 0.25) is 0 Å². The maximum Gasteiger partial charge on any atom is 0.326 e. The molecule has 0 bridgehead atoms. The third-order valence-corrected chi connectivity index (χ3v) is 3.76. The van der Waals surface area contributed by atoms with Crippen LogP contribution >= 0.6 is 0 Å². The van der Waals surface area contributed by atoms with E-state index in [-0.39, 0.29) is 25.3 Å². The predicted octanol–water partition coefficient (Wildman–Crippen LogP) is -3.77. The Morgan fingerprint density at radius 1 is 0.857 bits per heavy atom. The lowest BCUT2D eigenvalue weighted by Gasteiger charge is -2.25. The number of hydrogen-bond acceptors (Lipinski definition) is 8. The van der Waals surface area contributed by atoms with Gasteiger partial charge >= 0.3 is 5.97 Å². The molecule has 0 aliphatic rings. The lowest BCUT2D eigenvalue weighted by molar-refractivity contribution is -0.142. The molecule has 12 heteroatoms. The van der Waals surface area contributed by atoms with Gasteiger partial charge in [-0.05, 0) is 25.3 Å². The van der Waals surface area contributed by atoms with E-state index in [4.69, 9.17) is 21.7 Å². The molecule has 0 fully saturated rings. The third-order valence-electron chi connectivity index (χ3n) is 3.76. The van der Waals surface area contributed by atoms with E-state index < -0.39 is 61.1 Å². The van der Waals surface area contributed by atoms with Crippen molar-refractivity contribution in [1.29, 1.82) is 0 Å². The first-order chi connectivity index (χ1) is 13.1. The van der Waals surface area contributed by atoms with E-state index in [1.165, 1.54) is 0 Å². The maximum atomic E-state index is 12.5. The number of aliphatic hydroxyl groups excluding tert-OH is 2. The normalized spacial score (nSPS) is 15.2. The molecule has 0 aromatic carbocycles. The molecule has 0 aliphatic carbocycles. The molecule has 28 heavy (non-hydrogen) atoms. The van der Waals surface area contributed by atoms with Gasteiger partial charge in [-0.25, -0.2) is 4.79 Å². The van der Waals surface area contributed by atoms with Gasteiger partial charge in [0.05, 0.1) is 13.2 Å². The van der Waals surface area contributed by atoms with Gasteiger partial charge in [-0.15, -0.1) is 0 Å². The van der Waals surface area contributed by atoms with Gasteiger partial charge in [0.25, 0.3) is 0 Å². The average Bonchev–Trinajstić information content (AvgIpc) is 2.63. The lowest BCUT2D eigenvalue weighted by atomic mass is 10.0. The average molecular weight is 405 g/mol. The number of aliphatic carboxylic acids is 1. The van der Waals surface area contributed by atoms with E-state index in [1.54, 1.807) is 13.8 Å². The molecule has 3 amide bonds. The summed E-state index contributed by atoms with van der Waals surface area (Å²) in [6, 6.07) is -4.97. The number of aliphatic hydroxyl groups is 2. The molecule has 0 saturated carbocycles. The van der Waals surface area contributed by atoms with Crippen LogP contribution in [-0.2, 0) is 19.2 Å². The number of carboxylic acid groups (broad SMARTS) is 1. The summed E-state index contributed by atoms with van der Waals surface area (Å²) >= 11 is 0. The second-order valence-electron chi connectivity index (χ2n) is 6.70. The Morgan fingerprint density at radius 3 is 1.79 bits per heavy atom. The molecule has 0 spiro atoms. The molecule has 0 rings (SSSR count). The van der Waals surface area contributed by atoms with Crippen LogP contribution in [-0.4, -0.2) is 82.9 Å². The third kappa shape index (κ3) is 9.08. The summed E-state index contributed by atoms with van der Waals surface area (Å²) in [6.45, 7) is 2.23. The summed E-state index contributed by atoms with van der Waals surface area (Å²) in [5, 5.41) is 34.3. The van der Waals surface area contributed by atoms with Crippen molar-refractivity contribution in [3.63, 3.8) is 0 Å². The van der Waals surface area contributed by atoms with E-state index in [0.29, 0.717) is 0 Å². The molecule has 0 aliphatic heterocycles. The van der Waals surface area contributed by atoms with E-state index in [2.05, 4.69) is 16.0 Å². The number of hydrogen-bond donors (Lipinski definition) is 8. The van der Waals surface area contributed by atoms with Crippen molar-refractivity contribution in [2.45, 2.75) is 50.9 Å². The summed E-state index contributed by atoms with van der Waals surface area (Å²) in [5.41, 5.74) is 10.7. The van der Waals surface area contributed by atoms with Gasteiger partial charge in [0.1, 0.15) is 24.2 Å². The smallest absolute Gasteiger partial charge is 0.326 e. The lowest BCUT2D eigenvalue weighted by Crippen LogP contribution is -2.58. The standard InChI is InChI=1S/C16H31N5O7/c1-8(2)5-11(20-13(24)9(18)6-22)14(25)21-12(7-23)15(26)19-10(3-4-17)16(27)28/h8-12,22-23H,3-7,17-18H2,1-2H3,(H,19,26)(H,20,24)(H,21,25)(H,27,28)/t9-,10+,11-,12+/m1/s1. The van der Waals surface area contributed by atoms with E-state index in [9.17, 15) is 24.3 Å². The molecule has 10 N–H and O–H groups in total. The van der Waals surface area contributed by atoms with Crippen molar-refractivity contribution in [3.05, 3.63) is 0 Å². The van der Waals surface area contributed by atoms with E-state index >= 15 is 0 Å². The first-order valence-electron chi connectivity index (χ1n) is 8.88. The summed E-state index contributed by atoms with van der Waals surface area (Å²) in [5.74, 6) is -3.72. The van der Waals surface area contributed by atoms with Crippen LogP contribution < -0.4 is 27.4 Å². The fourth-order valence-electron chi connectivity index (χ4n) is 2.23. The zero-order valence-electron chi connectivity index (χ0n) is 16.1. The van der Waals surface area contributed by atoms with Gasteiger partial charge in [-0.1, -0.05) is 13.8 Å². The molecule has 0 saturated heterocycles. The molecule has 0 unspecified atom stereocenters. The van der Waals surface area contributed by atoms with Crippen LogP contribution in [0.4, 0.5) is 0 Å². The van der Waals surface area contributed by atoms with Gasteiger partial charge in [-0.3, -0.25) is 14.4 Å². The van der Waals surface area contributed by atoms with Gasteiger partial charge in [0.15, 0.2) is 0 Å². The molecular formula is C16H31N5O7. The largest absolute Gasteiger partial charge is 0.480 e. The minimum Gasteiger partial charge on any atom is -0.480 e. The number of rotatable bonds is 13. The highest BCUT2D eigenvalue weighted by atomic mass is 16.4. The highest BCUT2D eigenvalue weighted by Crippen LogP contribution is 2.06. The number of nitrogens with two attached hydrogens (primary N) is 2. The Labute approximate surface area is 163 Å². The molecule has 0 aromatic heterocycles. The zero-order valence-corrected chi connectivity index (χ0v) is 16.1. The van der Waals surface area contributed by atoms with Crippen molar-refractivity contribution in [2.24, 2.45) is 17.4 Å². The second kappa shape index (κ2) is 13.0. The SMILES string of the molecule is CC(C)C[C@@H](NC(=O)[C@H](N)CO)C(=O)N[C@@H](CO)C(=O)N[C@@H](CCN)C(=O)O. The van der Waals surface area contributed by atoms with Crippen molar-refractivity contribution in [2.75, 3.05) is 19.8 Å². The molecular weight excluding hydrogens is 374 g/mol. The zero-order chi connectivity index (χ0) is 21.9. The highest BCUT2D eigenvalue weighted by Gasteiger charge is 2.30. The first kappa shape index (κ1) is 25.7. The van der Waals surface area contributed by atoms with Gasteiger partial charge in [0.2, 0.25) is 17.7 Å². The molecule has 0 aromatic rings. The number of amides is 3. The quantitative estimate of drug-likeness (QED) is 0.151. The number of carboxylic acids is 1. The monoisotopic (exact) mass is 405 g/mol. The molecule has 0 radical (unpaired) electrons. The Bertz CT molecular complexity index is 543. The van der Waals surface area contributed by atoms with Crippen molar-refractivity contribution in [1.82, 2.24) is 16.0 Å². The van der Waals surface area contributed by atoms with Gasteiger partial charge in [-0.2, -0.15) is 0 Å². The van der Waals surface area contributed by atoms with E-state index in [0.717, 1.165) is 0 Å². The predicted molar refractivity (Wildman–Crippen MR) is 98.7 cm³/mol. The number of nitrogens with one attached hydrogen (secondary N) is 3. The second-order valence-corrected chi connectivity index (χ2v) is 6.70. The Hall–Kier alpha value is -2.28. The minimum absolute atomic E-state index is 0.0104. The fourth-order valence-corrected chi connectivity index (χ4v) is 2.23. The van der Waals surface area contributed by atoms with Crippen LogP contribution in [0.5, 0.6) is 0 Å². The summed E-state index contributed by atoms with van der Waals surface area (Å²) in [4.78, 5) is 47.6.